The molecule has 1 unspecified atom stereocenters. The Morgan fingerprint density at radius 1 is 1.05 bits per heavy atom. The molecule has 1 atom stereocenters. The zero-order valence-corrected chi connectivity index (χ0v) is 12.2. The molecular weight excluding hydrogens is 290 g/mol. The van der Waals surface area contributed by atoms with Gasteiger partial charge in [-0.2, -0.15) is 0 Å². The second-order valence-electron chi connectivity index (χ2n) is 4.99. The third-order valence-electron chi connectivity index (χ3n) is 3.35. The number of thiophene rings is 1. The van der Waals surface area contributed by atoms with Crippen LogP contribution < -0.4 is 11.3 Å². The molecule has 1 aromatic heterocycles. The maximum absolute atomic E-state index is 13.6. The number of fused-ring (bicyclic) bond motifs is 1. The van der Waals surface area contributed by atoms with Gasteiger partial charge in [0.25, 0.3) is 0 Å². The molecular formula is C16H14F2N2S. The van der Waals surface area contributed by atoms with Crippen LogP contribution in [-0.2, 0) is 0 Å². The number of nitrogens with two attached hydrogens (primary N) is 1. The number of hydrogen-bond donors (Lipinski definition) is 2. The van der Waals surface area contributed by atoms with Gasteiger partial charge in [-0.05, 0) is 59.8 Å². The molecule has 3 aromatic rings. The van der Waals surface area contributed by atoms with Crippen LogP contribution in [0, 0.1) is 18.6 Å². The SMILES string of the molecule is Cc1cc(F)cc(C(NN)c2cc3cc(F)ccc3s2)c1. The number of halogens is 2. The Kier molecular flexibility index (Phi) is 3.71. The lowest BCUT2D eigenvalue weighted by molar-refractivity contribution is 0.607. The predicted octanol–water partition coefficient (Wildman–Crippen LogP) is 4.04. The Hall–Kier alpha value is -1.82. The Morgan fingerprint density at radius 2 is 1.86 bits per heavy atom. The fraction of sp³-hybridized carbons (Fsp3) is 0.125. The lowest BCUT2D eigenvalue weighted by atomic mass is 10.0. The van der Waals surface area contributed by atoms with Crippen LogP contribution in [0.3, 0.4) is 0 Å². The van der Waals surface area contributed by atoms with E-state index < -0.39 is 0 Å². The maximum Gasteiger partial charge on any atom is 0.123 e. The highest BCUT2D eigenvalue weighted by Gasteiger charge is 2.17. The van der Waals surface area contributed by atoms with Crippen LogP contribution >= 0.6 is 11.3 Å². The molecule has 3 N–H and O–H groups in total. The van der Waals surface area contributed by atoms with Gasteiger partial charge in [0.05, 0.1) is 6.04 Å². The quantitative estimate of drug-likeness (QED) is 0.566. The molecule has 0 aliphatic rings. The van der Waals surface area contributed by atoms with Crippen molar-refractivity contribution in [2.45, 2.75) is 13.0 Å². The Balaban J connectivity index is 2.08. The molecule has 0 radical (unpaired) electrons. The Labute approximate surface area is 125 Å². The maximum atomic E-state index is 13.6. The number of hydrazine groups is 1. The fourth-order valence-corrected chi connectivity index (χ4v) is 3.58. The van der Waals surface area contributed by atoms with Gasteiger partial charge < -0.3 is 0 Å². The van der Waals surface area contributed by atoms with E-state index in [2.05, 4.69) is 5.43 Å². The van der Waals surface area contributed by atoms with E-state index in [1.54, 1.807) is 6.07 Å². The number of aryl methyl sites for hydroxylation is 1. The van der Waals surface area contributed by atoms with Crippen molar-refractivity contribution in [1.29, 1.82) is 0 Å². The van der Waals surface area contributed by atoms with Crippen LogP contribution in [0.4, 0.5) is 8.78 Å². The van der Waals surface area contributed by atoms with E-state index in [4.69, 9.17) is 5.84 Å². The van der Waals surface area contributed by atoms with E-state index in [-0.39, 0.29) is 17.7 Å². The zero-order chi connectivity index (χ0) is 15.0. The van der Waals surface area contributed by atoms with Gasteiger partial charge in [-0.15, -0.1) is 11.3 Å². The first-order chi connectivity index (χ1) is 10.1. The van der Waals surface area contributed by atoms with E-state index >= 15 is 0 Å². The summed E-state index contributed by atoms with van der Waals surface area (Å²) in [4.78, 5) is 0.920. The van der Waals surface area contributed by atoms with Gasteiger partial charge >= 0.3 is 0 Å². The third-order valence-corrected chi connectivity index (χ3v) is 4.53. The molecule has 1 heterocycles. The number of nitrogens with one attached hydrogen (secondary N) is 1. The van der Waals surface area contributed by atoms with Gasteiger partial charge in [0.1, 0.15) is 11.6 Å². The Morgan fingerprint density at radius 3 is 2.57 bits per heavy atom. The normalized spacial score (nSPS) is 12.8. The van der Waals surface area contributed by atoms with Crippen molar-refractivity contribution in [3.05, 3.63) is 70.1 Å². The summed E-state index contributed by atoms with van der Waals surface area (Å²) in [5.74, 6) is 5.08. The molecule has 0 bridgehead atoms. The zero-order valence-electron chi connectivity index (χ0n) is 11.4. The monoisotopic (exact) mass is 304 g/mol. The van der Waals surface area contributed by atoms with Crippen LogP contribution in [0.5, 0.6) is 0 Å². The van der Waals surface area contributed by atoms with Gasteiger partial charge in [-0.3, -0.25) is 5.84 Å². The van der Waals surface area contributed by atoms with Crippen LogP contribution in [0.25, 0.3) is 10.1 Å². The molecule has 0 fully saturated rings. The van der Waals surface area contributed by atoms with Crippen molar-refractivity contribution >= 4 is 21.4 Å². The minimum Gasteiger partial charge on any atom is -0.271 e. The lowest BCUT2D eigenvalue weighted by Crippen LogP contribution is -2.28. The molecule has 0 spiro atoms. The molecule has 2 aromatic carbocycles. The smallest absolute Gasteiger partial charge is 0.123 e. The third kappa shape index (κ3) is 2.81. The summed E-state index contributed by atoms with van der Waals surface area (Å²) in [5.41, 5.74) is 4.30. The van der Waals surface area contributed by atoms with Crippen molar-refractivity contribution in [3.63, 3.8) is 0 Å². The Bertz CT molecular complexity index is 778. The lowest BCUT2D eigenvalue weighted by Gasteiger charge is -2.15. The molecule has 2 nitrogen and oxygen atoms in total. The molecule has 21 heavy (non-hydrogen) atoms. The average Bonchev–Trinajstić information content (AvgIpc) is 2.81. The summed E-state index contributed by atoms with van der Waals surface area (Å²) in [5, 5.41) is 0.823. The van der Waals surface area contributed by atoms with Crippen molar-refractivity contribution in [3.8, 4) is 0 Å². The van der Waals surface area contributed by atoms with Crippen molar-refractivity contribution < 1.29 is 8.78 Å². The second kappa shape index (κ2) is 5.52. The van der Waals surface area contributed by atoms with Gasteiger partial charge in [0, 0.05) is 9.58 Å². The number of rotatable bonds is 3. The highest BCUT2D eigenvalue weighted by molar-refractivity contribution is 7.19. The molecule has 0 saturated carbocycles. The molecule has 5 heteroatoms. The van der Waals surface area contributed by atoms with Crippen molar-refractivity contribution in [2.24, 2.45) is 5.84 Å². The van der Waals surface area contributed by atoms with Crippen LogP contribution in [-0.4, -0.2) is 0 Å². The first kappa shape index (κ1) is 14.1. The molecule has 108 valence electrons. The summed E-state index contributed by atoms with van der Waals surface area (Å²) in [6, 6.07) is 11.0. The van der Waals surface area contributed by atoms with Crippen molar-refractivity contribution in [2.75, 3.05) is 0 Å². The van der Waals surface area contributed by atoms with Crippen LogP contribution in [0.2, 0.25) is 0 Å². The first-order valence-electron chi connectivity index (χ1n) is 6.49. The summed E-state index contributed by atoms with van der Waals surface area (Å²) < 4.78 is 27.8. The average molecular weight is 304 g/mol. The number of benzene rings is 2. The summed E-state index contributed by atoms with van der Waals surface area (Å²) in [7, 11) is 0. The minimum absolute atomic E-state index is 0.272. The van der Waals surface area contributed by atoms with Gasteiger partial charge in [-0.25, -0.2) is 14.2 Å². The highest BCUT2D eigenvalue weighted by Crippen LogP contribution is 2.33. The standard InChI is InChI=1S/C16H14F2N2S/c1-9-4-11(7-13(18)5-9)16(20-19)15-8-10-6-12(17)2-3-14(10)21-15/h2-8,16,20H,19H2,1H3. The van der Waals surface area contributed by atoms with Gasteiger partial charge in [-0.1, -0.05) is 6.07 Å². The summed E-state index contributed by atoms with van der Waals surface area (Å²) in [6.45, 7) is 1.83. The largest absolute Gasteiger partial charge is 0.271 e. The predicted molar refractivity (Wildman–Crippen MR) is 82.1 cm³/mol. The van der Waals surface area contributed by atoms with Crippen LogP contribution in [0.1, 0.15) is 22.0 Å². The van der Waals surface area contributed by atoms with Gasteiger partial charge in [0.2, 0.25) is 0 Å². The van der Waals surface area contributed by atoms with E-state index in [1.807, 2.05) is 19.1 Å². The topological polar surface area (TPSA) is 38.0 Å². The van der Waals surface area contributed by atoms with E-state index in [0.29, 0.717) is 0 Å². The summed E-state index contributed by atoms with van der Waals surface area (Å²) in [6.07, 6.45) is 0. The van der Waals surface area contributed by atoms with E-state index in [9.17, 15) is 8.78 Å². The molecule has 3 rings (SSSR count). The van der Waals surface area contributed by atoms with Crippen LogP contribution in [0.15, 0.2) is 42.5 Å². The fourth-order valence-electron chi connectivity index (χ4n) is 2.45. The summed E-state index contributed by atoms with van der Waals surface area (Å²) >= 11 is 1.51. The first-order valence-corrected chi connectivity index (χ1v) is 7.30. The highest BCUT2D eigenvalue weighted by atomic mass is 32.1. The molecule has 0 aliphatic carbocycles. The van der Waals surface area contributed by atoms with E-state index in [0.717, 1.165) is 26.1 Å². The number of hydrogen-bond acceptors (Lipinski definition) is 3. The molecule has 0 amide bonds. The molecule has 0 saturated heterocycles. The van der Waals surface area contributed by atoms with Crippen molar-refractivity contribution in [1.82, 2.24) is 5.43 Å². The molecule has 0 aliphatic heterocycles. The van der Waals surface area contributed by atoms with Gasteiger partial charge in [0.15, 0.2) is 0 Å². The minimum atomic E-state index is -0.320. The van der Waals surface area contributed by atoms with E-state index in [1.165, 1.54) is 35.6 Å². The second-order valence-corrected chi connectivity index (χ2v) is 6.11.